The Hall–Kier alpha value is -1.32. The summed E-state index contributed by atoms with van der Waals surface area (Å²) in [6.45, 7) is 7.20. The zero-order chi connectivity index (χ0) is 14.7. The number of anilines is 2. The van der Waals surface area contributed by atoms with E-state index in [-0.39, 0.29) is 6.04 Å². The molecule has 2 rings (SSSR count). The first-order valence-electron chi connectivity index (χ1n) is 6.92. The van der Waals surface area contributed by atoms with E-state index in [1.165, 1.54) is 16.9 Å². The van der Waals surface area contributed by atoms with Gasteiger partial charge < -0.3 is 10.6 Å². The Bertz CT molecular complexity index is 593. The molecular formula is C17H21BrN2. The van der Waals surface area contributed by atoms with Gasteiger partial charge in [-0.15, -0.1) is 0 Å². The average molecular weight is 333 g/mol. The Balaban J connectivity index is 2.40. The van der Waals surface area contributed by atoms with E-state index in [1.807, 2.05) is 6.92 Å². The smallest absolute Gasteiger partial charge is 0.0422 e. The second kappa shape index (κ2) is 6.42. The lowest BCUT2D eigenvalue weighted by molar-refractivity contribution is 0.813. The summed E-state index contributed by atoms with van der Waals surface area (Å²) < 4.78 is 1.07. The van der Waals surface area contributed by atoms with Crippen LogP contribution in [0.1, 0.15) is 31.0 Å². The van der Waals surface area contributed by atoms with Crippen molar-refractivity contribution in [3.05, 3.63) is 58.1 Å². The van der Waals surface area contributed by atoms with Crippen molar-refractivity contribution in [3.63, 3.8) is 0 Å². The largest absolute Gasteiger partial charge is 0.342 e. The number of halogens is 1. The van der Waals surface area contributed by atoms with Gasteiger partial charge in [-0.3, -0.25) is 0 Å². The molecule has 0 amide bonds. The van der Waals surface area contributed by atoms with Gasteiger partial charge in [-0.05, 0) is 56.2 Å². The molecule has 2 nitrogen and oxygen atoms in total. The fourth-order valence-electron chi connectivity index (χ4n) is 2.36. The quantitative estimate of drug-likeness (QED) is 0.859. The van der Waals surface area contributed by atoms with Gasteiger partial charge in [0.25, 0.3) is 0 Å². The van der Waals surface area contributed by atoms with E-state index < -0.39 is 0 Å². The summed E-state index contributed by atoms with van der Waals surface area (Å²) in [6, 6.07) is 15.0. The minimum Gasteiger partial charge on any atom is -0.342 e. The Labute approximate surface area is 129 Å². The molecule has 0 aromatic heterocycles. The van der Waals surface area contributed by atoms with Crippen LogP contribution in [0.4, 0.5) is 11.4 Å². The van der Waals surface area contributed by atoms with E-state index in [2.05, 4.69) is 77.1 Å². The zero-order valence-electron chi connectivity index (χ0n) is 12.2. The van der Waals surface area contributed by atoms with E-state index in [1.54, 1.807) is 0 Å². The van der Waals surface area contributed by atoms with Gasteiger partial charge in [0.15, 0.2) is 0 Å². The highest BCUT2D eigenvalue weighted by Gasteiger charge is 2.11. The monoisotopic (exact) mass is 332 g/mol. The average Bonchev–Trinajstić information content (AvgIpc) is 2.39. The van der Waals surface area contributed by atoms with Crippen LogP contribution in [0, 0.1) is 6.92 Å². The molecular weight excluding hydrogens is 312 g/mol. The first-order chi connectivity index (χ1) is 9.52. The molecule has 0 radical (unpaired) electrons. The summed E-state index contributed by atoms with van der Waals surface area (Å²) in [6.07, 6.45) is 0. The Morgan fingerprint density at radius 3 is 2.40 bits per heavy atom. The Kier molecular flexibility index (Phi) is 4.84. The topological polar surface area (TPSA) is 29.3 Å². The standard InChI is InChI=1S/C17H21BrN2/c1-4-20(14-7-5-6-12(2)10-14)15-8-9-16(13(3)19)17(18)11-15/h5-11,13H,4,19H2,1-3H3/t13-/m1/s1. The Morgan fingerprint density at radius 2 is 1.85 bits per heavy atom. The highest BCUT2D eigenvalue weighted by molar-refractivity contribution is 9.10. The summed E-state index contributed by atoms with van der Waals surface area (Å²) in [5, 5.41) is 0. The summed E-state index contributed by atoms with van der Waals surface area (Å²) in [7, 11) is 0. The molecule has 0 aliphatic carbocycles. The molecule has 0 fully saturated rings. The third-order valence-electron chi connectivity index (χ3n) is 3.42. The molecule has 20 heavy (non-hydrogen) atoms. The van der Waals surface area contributed by atoms with E-state index in [9.17, 15) is 0 Å². The normalized spacial score (nSPS) is 12.2. The summed E-state index contributed by atoms with van der Waals surface area (Å²) >= 11 is 3.63. The highest BCUT2D eigenvalue weighted by Crippen LogP contribution is 2.31. The molecule has 0 saturated carbocycles. The van der Waals surface area contributed by atoms with E-state index in [4.69, 9.17) is 5.73 Å². The predicted octanol–water partition coefficient (Wildman–Crippen LogP) is 4.94. The number of benzene rings is 2. The van der Waals surface area contributed by atoms with Crippen molar-refractivity contribution in [1.29, 1.82) is 0 Å². The maximum absolute atomic E-state index is 5.96. The van der Waals surface area contributed by atoms with Gasteiger partial charge in [-0.2, -0.15) is 0 Å². The van der Waals surface area contributed by atoms with E-state index >= 15 is 0 Å². The van der Waals surface area contributed by atoms with Gasteiger partial charge in [-0.25, -0.2) is 0 Å². The van der Waals surface area contributed by atoms with Gasteiger partial charge in [0.05, 0.1) is 0 Å². The highest BCUT2D eigenvalue weighted by atomic mass is 79.9. The first-order valence-corrected chi connectivity index (χ1v) is 7.71. The fraction of sp³-hybridized carbons (Fsp3) is 0.294. The molecule has 0 spiro atoms. The minimum atomic E-state index is 0.0347. The number of hydrogen-bond acceptors (Lipinski definition) is 2. The molecule has 2 N–H and O–H groups in total. The maximum Gasteiger partial charge on any atom is 0.0422 e. The second-order valence-electron chi connectivity index (χ2n) is 5.08. The van der Waals surface area contributed by atoms with Crippen molar-refractivity contribution in [2.75, 3.05) is 11.4 Å². The number of hydrogen-bond donors (Lipinski definition) is 1. The van der Waals surface area contributed by atoms with Gasteiger partial charge in [0.2, 0.25) is 0 Å². The van der Waals surface area contributed by atoms with Crippen molar-refractivity contribution in [2.24, 2.45) is 5.73 Å². The first kappa shape index (κ1) is 15.1. The molecule has 0 saturated heterocycles. The number of rotatable bonds is 4. The van der Waals surface area contributed by atoms with Crippen LogP contribution in [0.2, 0.25) is 0 Å². The third kappa shape index (κ3) is 3.22. The molecule has 0 heterocycles. The maximum atomic E-state index is 5.96. The molecule has 2 aromatic carbocycles. The van der Waals surface area contributed by atoms with Crippen LogP contribution in [-0.2, 0) is 0 Å². The van der Waals surface area contributed by atoms with Crippen molar-refractivity contribution in [2.45, 2.75) is 26.8 Å². The number of nitrogens with two attached hydrogens (primary N) is 1. The fourth-order valence-corrected chi connectivity index (χ4v) is 3.09. The summed E-state index contributed by atoms with van der Waals surface area (Å²) in [5.74, 6) is 0. The molecule has 1 atom stereocenters. The van der Waals surface area contributed by atoms with E-state index in [0.29, 0.717) is 0 Å². The van der Waals surface area contributed by atoms with Crippen LogP contribution in [0.15, 0.2) is 46.9 Å². The van der Waals surface area contributed by atoms with E-state index in [0.717, 1.165) is 16.6 Å². The molecule has 0 bridgehead atoms. The molecule has 0 unspecified atom stereocenters. The van der Waals surface area contributed by atoms with Gasteiger partial charge in [0.1, 0.15) is 0 Å². The minimum absolute atomic E-state index is 0.0347. The van der Waals surface area contributed by atoms with Crippen LogP contribution in [-0.4, -0.2) is 6.54 Å². The number of aryl methyl sites for hydroxylation is 1. The Morgan fingerprint density at radius 1 is 1.15 bits per heavy atom. The number of nitrogens with zero attached hydrogens (tertiary/aromatic N) is 1. The molecule has 0 aliphatic heterocycles. The third-order valence-corrected chi connectivity index (χ3v) is 4.10. The molecule has 0 aliphatic rings. The van der Waals surface area contributed by atoms with Gasteiger partial charge in [-0.1, -0.05) is 34.1 Å². The lowest BCUT2D eigenvalue weighted by atomic mass is 10.1. The second-order valence-corrected chi connectivity index (χ2v) is 5.93. The van der Waals surface area contributed by atoms with Crippen molar-refractivity contribution in [1.82, 2.24) is 0 Å². The van der Waals surface area contributed by atoms with Crippen molar-refractivity contribution >= 4 is 27.3 Å². The van der Waals surface area contributed by atoms with Gasteiger partial charge in [0, 0.05) is 28.4 Å². The van der Waals surface area contributed by atoms with Gasteiger partial charge >= 0.3 is 0 Å². The lowest BCUT2D eigenvalue weighted by Gasteiger charge is -2.25. The molecule has 106 valence electrons. The van der Waals surface area contributed by atoms with Crippen molar-refractivity contribution in [3.8, 4) is 0 Å². The zero-order valence-corrected chi connectivity index (χ0v) is 13.8. The van der Waals surface area contributed by atoms with Crippen LogP contribution in [0.3, 0.4) is 0 Å². The van der Waals surface area contributed by atoms with Crippen LogP contribution >= 0.6 is 15.9 Å². The molecule has 2 aromatic rings. The summed E-state index contributed by atoms with van der Waals surface area (Å²) in [4.78, 5) is 2.29. The van der Waals surface area contributed by atoms with Crippen LogP contribution in [0.5, 0.6) is 0 Å². The van der Waals surface area contributed by atoms with Crippen LogP contribution < -0.4 is 10.6 Å². The predicted molar refractivity (Wildman–Crippen MR) is 90.6 cm³/mol. The summed E-state index contributed by atoms with van der Waals surface area (Å²) in [5.41, 5.74) is 10.8. The SMILES string of the molecule is CCN(c1cccc(C)c1)c1ccc([C@@H](C)N)c(Br)c1. The van der Waals surface area contributed by atoms with Crippen molar-refractivity contribution < 1.29 is 0 Å². The molecule has 3 heteroatoms. The lowest BCUT2D eigenvalue weighted by Crippen LogP contribution is -2.16. The van der Waals surface area contributed by atoms with Crippen LogP contribution in [0.25, 0.3) is 0 Å².